The maximum Gasteiger partial charge on any atom is 0.352 e. The summed E-state index contributed by atoms with van der Waals surface area (Å²) >= 11 is 3.52. The molecular weight excluding hydrogens is 560 g/mol. The zero-order chi connectivity index (χ0) is 27.6. The molecule has 2 amide bonds. The summed E-state index contributed by atoms with van der Waals surface area (Å²) in [6, 6.07) is -0.993. The van der Waals surface area contributed by atoms with Crippen molar-refractivity contribution in [3.8, 4) is 0 Å². The number of carbonyl (C=O) groups is 4. The Balaban J connectivity index is 1.48. The lowest BCUT2D eigenvalue weighted by molar-refractivity contribution is -0.150. The molecule has 1 saturated heterocycles. The van der Waals surface area contributed by atoms with Gasteiger partial charge in [-0.05, 0) is 11.6 Å². The number of fused-ring (bicyclic) bond motifs is 1. The van der Waals surface area contributed by atoms with Crippen LogP contribution >= 0.6 is 34.9 Å². The van der Waals surface area contributed by atoms with E-state index in [2.05, 4.69) is 20.4 Å². The number of nitrogens with one attached hydrogen (secondary N) is 1. The van der Waals surface area contributed by atoms with Gasteiger partial charge in [-0.2, -0.15) is 0 Å². The van der Waals surface area contributed by atoms with E-state index in [1.165, 1.54) is 29.2 Å². The third-order valence-electron chi connectivity index (χ3n) is 5.42. The van der Waals surface area contributed by atoms with E-state index in [4.69, 9.17) is 21.4 Å². The maximum absolute atomic E-state index is 13.0. The van der Waals surface area contributed by atoms with Crippen molar-refractivity contribution in [2.45, 2.75) is 11.4 Å². The Labute approximate surface area is 227 Å². The highest BCUT2D eigenvalue weighted by Crippen LogP contribution is 2.41. The average molecular weight is 583 g/mol. The van der Waals surface area contributed by atoms with Crippen molar-refractivity contribution in [1.29, 1.82) is 0 Å². The number of carboxylic acids is 2. The second-order valence-corrected chi connectivity index (χ2v) is 10.8. The topological polar surface area (TPSA) is 226 Å². The second-order valence-electron chi connectivity index (χ2n) is 7.90. The van der Waals surface area contributed by atoms with E-state index in [9.17, 15) is 24.3 Å². The SMILES string of the molecule is CO/N=C(\C(=O)NC1C(=O)N2C(C(=O)O)=C(CSC3=NC(N)=CCN3CC(=O)O)CS[C@@H]12)c1csc(N)n1. The molecule has 1 fully saturated rings. The number of carbonyl (C=O) groups excluding carboxylic acids is 2. The molecule has 18 heteroatoms. The minimum atomic E-state index is -1.30. The van der Waals surface area contributed by atoms with E-state index in [0.717, 1.165) is 28.0 Å². The van der Waals surface area contributed by atoms with Crippen molar-refractivity contribution in [3.63, 3.8) is 0 Å². The number of aliphatic imine (C=N–C) groups is 1. The third kappa shape index (κ3) is 5.55. The van der Waals surface area contributed by atoms with Gasteiger partial charge in [-0.1, -0.05) is 16.9 Å². The summed E-state index contributed by atoms with van der Waals surface area (Å²) in [6.07, 6.45) is 1.58. The lowest BCUT2D eigenvalue weighted by Gasteiger charge is -2.49. The van der Waals surface area contributed by atoms with Crippen LogP contribution in [0.2, 0.25) is 0 Å². The fourth-order valence-corrected chi connectivity index (χ4v) is 6.83. The number of anilines is 1. The van der Waals surface area contributed by atoms with Crippen molar-refractivity contribution >= 4 is 74.6 Å². The van der Waals surface area contributed by atoms with Crippen LogP contribution < -0.4 is 16.8 Å². The molecule has 202 valence electrons. The molecule has 4 heterocycles. The Morgan fingerprint density at radius 1 is 1.34 bits per heavy atom. The largest absolute Gasteiger partial charge is 0.480 e. The molecule has 0 aromatic carbocycles. The smallest absolute Gasteiger partial charge is 0.352 e. The van der Waals surface area contributed by atoms with Gasteiger partial charge in [0.2, 0.25) is 0 Å². The number of nitrogens with zero attached hydrogens (tertiary/aromatic N) is 5. The van der Waals surface area contributed by atoms with Crippen LogP contribution in [0.5, 0.6) is 0 Å². The summed E-state index contributed by atoms with van der Waals surface area (Å²) < 4.78 is 0. The summed E-state index contributed by atoms with van der Waals surface area (Å²) in [4.78, 5) is 64.8. The first kappa shape index (κ1) is 27.3. The quantitative estimate of drug-likeness (QED) is 0.135. The van der Waals surface area contributed by atoms with Gasteiger partial charge >= 0.3 is 11.9 Å². The van der Waals surface area contributed by atoms with Gasteiger partial charge < -0.3 is 36.7 Å². The first-order valence-electron chi connectivity index (χ1n) is 10.8. The van der Waals surface area contributed by atoms with Gasteiger partial charge in [-0.25, -0.2) is 14.8 Å². The second kappa shape index (κ2) is 11.3. The molecule has 7 N–H and O–H groups in total. The number of nitrogens with two attached hydrogens (primary N) is 2. The Hall–Kier alpha value is -3.77. The van der Waals surface area contributed by atoms with Crippen molar-refractivity contribution < 1.29 is 34.2 Å². The number of thiazole rings is 1. The lowest BCUT2D eigenvalue weighted by Crippen LogP contribution is -2.71. The number of β-lactam (4-membered cyclic amide) rings is 1. The minimum absolute atomic E-state index is 0.139. The molecule has 0 spiro atoms. The van der Waals surface area contributed by atoms with Gasteiger partial charge in [-0.3, -0.25) is 19.3 Å². The molecule has 0 saturated carbocycles. The normalized spacial score (nSPS) is 21.3. The lowest BCUT2D eigenvalue weighted by atomic mass is 10.0. The average Bonchev–Trinajstić information content (AvgIpc) is 3.30. The maximum atomic E-state index is 13.0. The Morgan fingerprint density at radius 2 is 2.11 bits per heavy atom. The number of thioether (sulfide) groups is 2. The van der Waals surface area contributed by atoms with Crippen LogP contribution in [0.1, 0.15) is 5.69 Å². The molecular formula is C20H22N8O7S3. The fraction of sp³-hybridized carbons (Fsp3) is 0.350. The van der Waals surface area contributed by atoms with E-state index in [1.807, 2.05) is 0 Å². The van der Waals surface area contributed by atoms with Gasteiger partial charge in [0.25, 0.3) is 11.8 Å². The number of nitrogen functional groups attached to an aromatic ring is 1. The number of aromatic nitrogens is 1. The van der Waals surface area contributed by atoms with Gasteiger partial charge in [0.15, 0.2) is 16.0 Å². The first-order chi connectivity index (χ1) is 18.1. The molecule has 1 aromatic rings. The molecule has 2 atom stereocenters. The van der Waals surface area contributed by atoms with Gasteiger partial charge in [-0.15, -0.1) is 23.1 Å². The minimum Gasteiger partial charge on any atom is -0.480 e. The summed E-state index contributed by atoms with van der Waals surface area (Å²) in [5.41, 5.74) is 11.7. The summed E-state index contributed by atoms with van der Waals surface area (Å²) in [5, 5.41) is 26.8. The molecule has 15 nitrogen and oxygen atoms in total. The fourth-order valence-electron chi connectivity index (χ4n) is 3.78. The Bertz CT molecular complexity index is 1310. The predicted molar refractivity (Wildman–Crippen MR) is 141 cm³/mol. The van der Waals surface area contributed by atoms with Gasteiger partial charge in [0.1, 0.15) is 42.3 Å². The summed E-state index contributed by atoms with van der Waals surface area (Å²) in [7, 11) is 1.25. The van der Waals surface area contributed by atoms with Crippen LogP contribution in [0.3, 0.4) is 0 Å². The molecule has 0 aliphatic carbocycles. The van der Waals surface area contributed by atoms with Crippen molar-refractivity contribution in [3.05, 3.63) is 34.2 Å². The van der Waals surface area contributed by atoms with Crippen LogP contribution in [0, 0.1) is 0 Å². The van der Waals surface area contributed by atoms with Crippen LogP contribution in [0.4, 0.5) is 5.13 Å². The number of oxime groups is 1. The van der Waals surface area contributed by atoms with Crippen LogP contribution in [0.25, 0.3) is 0 Å². The number of amides is 2. The number of hydrogen-bond donors (Lipinski definition) is 5. The molecule has 3 aliphatic heterocycles. The van der Waals surface area contributed by atoms with Crippen LogP contribution in [-0.4, -0.2) is 103 Å². The number of rotatable bonds is 9. The number of amidine groups is 1. The standard InChI is InChI=1S/C20H22N8O7S3/c1-35-26-12(9-7-37-19(22)23-9)15(31)25-13-16(32)28-14(18(33)34)8(5-36-17(13)28)6-38-20-24-10(21)2-3-27(20)4-11(29)30/h2,7,13,17H,3-6,21H2,1H3,(H2,22,23)(H,25,31)(H,29,30)(H,33,34)/b26-12-/t13?,17-/m0/s1. The van der Waals surface area contributed by atoms with E-state index in [0.29, 0.717) is 10.7 Å². The Kier molecular flexibility index (Phi) is 8.12. The molecule has 3 aliphatic rings. The number of aliphatic carboxylic acids is 2. The first-order valence-corrected chi connectivity index (χ1v) is 13.7. The molecule has 1 aromatic heterocycles. The zero-order valence-corrected chi connectivity index (χ0v) is 22.1. The monoisotopic (exact) mass is 582 g/mol. The number of hydrogen-bond acceptors (Lipinski definition) is 14. The zero-order valence-electron chi connectivity index (χ0n) is 19.7. The third-order valence-corrected chi connectivity index (χ3v) is 8.53. The molecule has 38 heavy (non-hydrogen) atoms. The van der Waals surface area contributed by atoms with Crippen LogP contribution in [0.15, 0.2) is 38.7 Å². The Morgan fingerprint density at radius 3 is 2.74 bits per heavy atom. The van der Waals surface area contributed by atoms with E-state index >= 15 is 0 Å². The van der Waals surface area contributed by atoms with Crippen LogP contribution in [-0.2, 0) is 24.0 Å². The van der Waals surface area contributed by atoms with E-state index < -0.39 is 35.2 Å². The van der Waals surface area contributed by atoms with Crippen molar-refractivity contribution in [2.24, 2.45) is 15.9 Å². The summed E-state index contributed by atoms with van der Waals surface area (Å²) in [5.74, 6) is -3.04. The van der Waals surface area contributed by atoms with Gasteiger partial charge in [0.05, 0.1) is 0 Å². The highest BCUT2D eigenvalue weighted by Gasteiger charge is 2.54. The highest BCUT2D eigenvalue weighted by molar-refractivity contribution is 8.14. The van der Waals surface area contributed by atoms with Crippen molar-refractivity contribution in [2.75, 3.05) is 37.4 Å². The number of carboxylic acid groups (broad SMARTS) is 2. The molecule has 4 rings (SSSR count). The van der Waals surface area contributed by atoms with E-state index in [1.54, 1.807) is 6.08 Å². The molecule has 1 unspecified atom stereocenters. The summed E-state index contributed by atoms with van der Waals surface area (Å²) in [6.45, 7) is -0.0510. The van der Waals surface area contributed by atoms with E-state index in [-0.39, 0.29) is 52.7 Å². The molecule has 0 bridgehead atoms. The van der Waals surface area contributed by atoms with Gasteiger partial charge in [0, 0.05) is 23.4 Å². The highest BCUT2D eigenvalue weighted by atomic mass is 32.2. The molecule has 0 radical (unpaired) electrons. The van der Waals surface area contributed by atoms with Crippen molar-refractivity contribution in [1.82, 2.24) is 20.1 Å². The predicted octanol–water partition coefficient (Wildman–Crippen LogP) is -0.896.